The third-order valence-electron chi connectivity index (χ3n) is 5.54. The molecule has 4 rings (SSSR count). The van der Waals surface area contributed by atoms with Gasteiger partial charge in [-0.1, -0.05) is 6.07 Å². The molecule has 0 aliphatic carbocycles. The summed E-state index contributed by atoms with van der Waals surface area (Å²) in [6.07, 6.45) is -4.34. The summed E-state index contributed by atoms with van der Waals surface area (Å²) >= 11 is 0. The van der Waals surface area contributed by atoms with Crippen LogP contribution >= 0.6 is 0 Å². The second-order valence-corrected chi connectivity index (χ2v) is 7.42. The third-order valence-corrected chi connectivity index (χ3v) is 5.54. The van der Waals surface area contributed by atoms with Gasteiger partial charge in [-0.25, -0.2) is 0 Å². The summed E-state index contributed by atoms with van der Waals surface area (Å²) in [4.78, 5) is 4.16. The molecule has 1 atom stereocenters. The quantitative estimate of drug-likeness (QED) is 0.585. The second-order valence-electron chi connectivity index (χ2n) is 7.42. The fourth-order valence-corrected chi connectivity index (χ4v) is 3.66. The number of alkyl halides is 3. The van der Waals surface area contributed by atoms with Crippen LogP contribution in [0.4, 0.5) is 18.9 Å². The highest BCUT2D eigenvalue weighted by atomic mass is 19.4. The van der Waals surface area contributed by atoms with Gasteiger partial charge in [-0.15, -0.1) is 10.2 Å². The molecule has 0 saturated carbocycles. The molecule has 0 spiro atoms. The average Bonchev–Trinajstić information content (AvgIpc) is 3.28. The number of rotatable bonds is 5. The minimum atomic E-state index is -4.34. The lowest BCUT2D eigenvalue weighted by Gasteiger charge is -2.38. The molecule has 1 aromatic heterocycles. The van der Waals surface area contributed by atoms with Crippen molar-refractivity contribution in [1.82, 2.24) is 15.1 Å². The van der Waals surface area contributed by atoms with E-state index in [1.807, 2.05) is 36.1 Å². The van der Waals surface area contributed by atoms with Crippen LogP contribution in [0, 0.1) is 0 Å². The highest BCUT2D eigenvalue weighted by molar-refractivity contribution is 5.54. The number of anilines is 1. The van der Waals surface area contributed by atoms with E-state index in [4.69, 9.17) is 9.15 Å². The van der Waals surface area contributed by atoms with Crippen LogP contribution in [0.25, 0.3) is 11.5 Å². The van der Waals surface area contributed by atoms with Crippen molar-refractivity contribution >= 4 is 5.69 Å². The van der Waals surface area contributed by atoms with Crippen LogP contribution in [0.1, 0.15) is 24.4 Å². The van der Waals surface area contributed by atoms with Crippen LogP contribution in [-0.4, -0.2) is 48.4 Å². The topological polar surface area (TPSA) is 54.6 Å². The number of methoxy groups -OCH3 is 1. The molecule has 9 heteroatoms. The lowest BCUT2D eigenvalue weighted by molar-refractivity contribution is -0.137. The Morgan fingerprint density at radius 1 is 1.00 bits per heavy atom. The highest BCUT2D eigenvalue weighted by Gasteiger charge is 2.31. The zero-order chi connectivity index (χ0) is 22.0. The molecular formula is C22H23F3N4O2. The van der Waals surface area contributed by atoms with Gasteiger partial charge in [0.15, 0.2) is 0 Å². The smallest absolute Gasteiger partial charge is 0.416 e. The first kappa shape index (κ1) is 21.2. The molecule has 2 aromatic carbocycles. The molecule has 1 unspecified atom stereocenters. The fourth-order valence-electron chi connectivity index (χ4n) is 3.66. The predicted molar refractivity (Wildman–Crippen MR) is 110 cm³/mol. The predicted octanol–water partition coefficient (Wildman–Crippen LogP) is 4.65. The monoisotopic (exact) mass is 432 g/mol. The number of nitrogens with zero attached hydrogens (tertiary/aromatic N) is 4. The van der Waals surface area contributed by atoms with Crippen molar-refractivity contribution in [3.63, 3.8) is 0 Å². The summed E-state index contributed by atoms with van der Waals surface area (Å²) in [5, 5.41) is 8.35. The molecule has 0 radical (unpaired) electrons. The van der Waals surface area contributed by atoms with E-state index in [0.29, 0.717) is 43.6 Å². The lowest BCUT2D eigenvalue weighted by Crippen LogP contribution is -2.47. The van der Waals surface area contributed by atoms with E-state index < -0.39 is 11.7 Å². The molecule has 1 aliphatic heterocycles. The third kappa shape index (κ3) is 4.66. The SMILES string of the molecule is COc1ccc(-c2nnc(C(C)N3CCN(c4cccc(C(F)(F)F)c4)CC3)o2)cc1. The molecule has 6 nitrogen and oxygen atoms in total. The van der Waals surface area contributed by atoms with Gasteiger partial charge in [0.1, 0.15) is 5.75 Å². The van der Waals surface area contributed by atoms with E-state index in [1.165, 1.54) is 12.1 Å². The Hall–Kier alpha value is -3.07. The first-order valence-electron chi connectivity index (χ1n) is 9.99. The van der Waals surface area contributed by atoms with E-state index in [-0.39, 0.29) is 6.04 Å². The van der Waals surface area contributed by atoms with Crippen LogP contribution in [0.2, 0.25) is 0 Å². The van der Waals surface area contributed by atoms with E-state index in [9.17, 15) is 13.2 Å². The van der Waals surface area contributed by atoms with Gasteiger partial charge < -0.3 is 14.1 Å². The fraction of sp³-hybridized carbons (Fsp3) is 0.364. The maximum Gasteiger partial charge on any atom is 0.416 e. The molecule has 1 saturated heterocycles. The Morgan fingerprint density at radius 3 is 2.35 bits per heavy atom. The van der Waals surface area contributed by atoms with Gasteiger partial charge in [0.2, 0.25) is 11.8 Å². The Bertz CT molecular complexity index is 1010. The maximum atomic E-state index is 13.0. The van der Waals surface area contributed by atoms with Gasteiger partial charge in [0.25, 0.3) is 0 Å². The molecule has 2 heterocycles. The Balaban J connectivity index is 1.39. The number of aromatic nitrogens is 2. The van der Waals surface area contributed by atoms with Crippen LogP contribution in [0.5, 0.6) is 5.75 Å². The van der Waals surface area contributed by atoms with Gasteiger partial charge >= 0.3 is 6.18 Å². The first-order valence-corrected chi connectivity index (χ1v) is 9.99. The largest absolute Gasteiger partial charge is 0.497 e. The van der Waals surface area contributed by atoms with Crippen molar-refractivity contribution < 1.29 is 22.3 Å². The molecule has 3 aromatic rings. The molecule has 164 valence electrons. The van der Waals surface area contributed by atoms with Crippen molar-refractivity contribution in [3.05, 3.63) is 60.0 Å². The van der Waals surface area contributed by atoms with Crippen LogP contribution in [-0.2, 0) is 6.18 Å². The van der Waals surface area contributed by atoms with Crippen LogP contribution < -0.4 is 9.64 Å². The molecule has 0 bridgehead atoms. The van der Waals surface area contributed by atoms with Crippen molar-refractivity contribution in [2.24, 2.45) is 0 Å². The molecule has 1 fully saturated rings. The molecule has 0 amide bonds. The molecule has 31 heavy (non-hydrogen) atoms. The number of hydrogen-bond acceptors (Lipinski definition) is 6. The zero-order valence-corrected chi connectivity index (χ0v) is 17.3. The summed E-state index contributed by atoms with van der Waals surface area (Å²) in [6.45, 7) is 4.58. The van der Waals surface area contributed by atoms with E-state index in [1.54, 1.807) is 13.2 Å². The number of benzene rings is 2. The minimum Gasteiger partial charge on any atom is -0.497 e. The zero-order valence-electron chi connectivity index (χ0n) is 17.3. The van der Waals surface area contributed by atoms with Gasteiger partial charge in [-0.05, 0) is 49.4 Å². The highest BCUT2D eigenvalue weighted by Crippen LogP contribution is 2.32. The standard InChI is InChI=1S/C22H23F3N4O2/c1-15(20-26-27-21(31-20)16-6-8-19(30-2)9-7-16)28-10-12-29(13-11-28)18-5-3-4-17(14-18)22(23,24)25/h3-9,14-15H,10-13H2,1-2H3. The van der Waals surface area contributed by atoms with Gasteiger partial charge in [0, 0.05) is 37.4 Å². The van der Waals surface area contributed by atoms with Crippen molar-refractivity contribution in [1.29, 1.82) is 0 Å². The summed E-state index contributed by atoms with van der Waals surface area (Å²) in [7, 11) is 1.61. The van der Waals surface area contributed by atoms with Gasteiger partial charge in [0.05, 0.1) is 18.7 Å². The first-order chi connectivity index (χ1) is 14.8. The normalized spacial score (nSPS) is 16.4. The van der Waals surface area contributed by atoms with Crippen molar-refractivity contribution in [3.8, 4) is 17.2 Å². The second kappa shape index (κ2) is 8.58. The van der Waals surface area contributed by atoms with E-state index in [2.05, 4.69) is 15.1 Å². The molecule has 0 N–H and O–H groups in total. The Kier molecular flexibility index (Phi) is 5.86. The summed E-state index contributed by atoms with van der Waals surface area (Å²) in [5.41, 5.74) is 0.764. The minimum absolute atomic E-state index is 0.0943. The van der Waals surface area contributed by atoms with Crippen molar-refractivity contribution in [2.75, 3.05) is 38.2 Å². The van der Waals surface area contributed by atoms with Crippen LogP contribution in [0.3, 0.4) is 0 Å². The Morgan fingerprint density at radius 2 is 1.71 bits per heavy atom. The van der Waals surface area contributed by atoms with Gasteiger partial charge in [-0.2, -0.15) is 13.2 Å². The maximum absolute atomic E-state index is 13.0. The number of hydrogen-bond donors (Lipinski definition) is 0. The summed E-state index contributed by atoms with van der Waals surface area (Å²) in [6, 6.07) is 12.7. The molecular weight excluding hydrogens is 409 g/mol. The summed E-state index contributed by atoms with van der Waals surface area (Å²) in [5.74, 6) is 1.70. The van der Waals surface area contributed by atoms with E-state index in [0.717, 1.165) is 17.4 Å². The number of halogens is 3. The summed E-state index contributed by atoms with van der Waals surface area (Å²) < 4.78 is 50.0. The van der Waals surface area contributed by atoms with E-state index >= 15 is 0 Å². The number of ether oxygens (including phenoxy) is 1. The molecule has 1 aliphatic rings. The van der Waals surface area contributed by atoms with Gasteiger partial charge in [-0.3, -0.25) is 4.90 Å². The number of piperazine rings is 1. The lowest BCUT2D eigenvalue weighted by atomic mass is 10.1. The average molecular weight is 432 g/mol. The van der Waals surface area contributed by atoms with Crippen LogP contribution in [0.15, 0.2) is 52.9 Å². The van der Waals surface area contributed by atoms with Crippen molar-refractivity contribution in [2.45, 2.75) is 19.1 Å². The Labute approximate surface area is 178 Å².